The Morgan fingerprint density at radius 3 is 3.05 bits per heavy atom. The second-order valence-corrected chi connectivity index (χ2v) is 5.84. The van der Waals surface area contributed by atoms with Gasteiger partial charge in [0, 0.05) is 18.5 Å². The maximum Gasteiger partial charge on any atom is 0.132 e. The molecule has 20 heavy (non-hydrogen) atoms. The zero-order valence-corrected chi connectivity index (χ0v) is 12.0. The zero-order chi connectivity index (χ0) is 14.2. The fourth-order valence-corrected chi connectivity index (χ4v) is 2.60. The van der Waals surface area contributed by atoms with Crippen molar-refractivity contribution >= 4 is 0 Å². The monoisotopic (exact) mass is 272 g/mol. The van der Waals surface area contributed by atoms with Crippen molar-refractivity contribution in [3.63, 3.8) is 0 Å². The Labute approximate surface area is 118 Å². The molecular formula is C15H20N4O. The van der Waals surface area contributed by atoms with Crippen LogP contribution in [-0.2, 0) is 13.0 Å². The molecule has 3 rings (SSSR count). The Balaban J connectivity index is 1.92. The summed E-state index contributed by atoms with van der Waals surface area (Å²) in [6.45, 7) is 5.67. The van der Waals surface area contributed by atoms with Gasteiger partial charge in [0.1, 0.15) is 17.0 Å². The van der Waals surface area contributed by atoms with Crippen LogP contribution in [0.2, 0.25) is 0 Å². The average molecular weight is 272 g/mol. The van der Waals surface area contributed by atoms with Crippen LogP contribution in [0.5, 0.6) is 5.75 Å². The lowest BCUT2D eigenvalue weighted by molar-refractivity contribution is 0.139. The Morgan fingerprint density at radius 1 is 1.40 bits per heavy atom. The van der Waals surface area contributed by atoms with Crippen LogP contribution in [-0.4, -0.2) is 27.1 Å². The molecule has 106 valence electrons. The predicted molar refractivity (Wildman–Crippen MR) is 77.5 cm³/mol. The highest BCUT2D eigenvalue weighted by molar-refractivity contribution is 5.69. The minimum absolute atomic E-state index is 0.145. The summed E-state index contributed by atoms with van der Waals surface area (Å²) in [6, 6.07) is 6.21. The number of nitrogens with two attached hydrogens (primary N) is 1. The quantitative estimate of drug-likeness (QED) is 0.924. The number of aryl methyl sites for hydroxylation is 1. The standard InChI is InChI=1S/C15H20N4O/c1-15(2)9-11-5-3-6-12(14(11)20-15)13-10-19(18-17-13)8-4-7-16/h3,5-6,10H,4,7-9,16H2,1-2H3. The minimum atomic E-state index is -0.145. The zero-order valence-electron chi connectivity index (χ0n) is 12.0. The molecule has 0 amide bonds. The van der Waals surface area contributed by atoms with Crippen molar-refractivity contribution in [1.82, 2.24) is 15.0 Å². The van der Waals surface area contributed by atoms with E-state index in [1.807, 2.05) is 16.9 Å². The topological polar surface area (TPSA) is 66.0 Å². The van der Waals surface area contributed by atoms with Gasteiger partial charge in [0.05, 0.1) is 6.20 Å². The minimum Gasteiger partial charge on any atom is -0.487 e. The average Bonchev–Trinajstić information content (AvgIpc) is 2.97. The van der Waals surface area contributed by atoms with Gasteiger partial charge in [-0.1, -0.05) is 17.3 Å². The lowest BCUT2D eigenvalue weighted by atomic mass is 10.00. The van der Waals surface area contributed by atoms with E-state index in [0.717, 1.165) is 36.4 Å². The van der Waals surface area contributed by atoms with E-state index in [-0.39, 0.29) is 5.60 Å². The van der Waals surface area contributed by atoms with Crippen LogP contribution in [0.25, 0.3) is 11.3 Å². The van der Waals surface area contributed by atoms with Gasteiger partial charge in [-0.05, 0) is 38.4 Å². The number of benzene rings is 1. The van der Waals surface area contributed by atoms with Crippen LogP contribution >= 0.6 is 0 Å². The Kier molecular flexibility index (Phi) is 3.22. The van der Waals surface area contributed by atoms with Gasteiger partial charge in [-0.3, -0.25) is 4.68 Å². The van der Waals surface area contributed by atoms with E-state index < -0.39 is 0 Å². The molecule has 0 radical (unpaired) electrons. The van der Waals surface area contributed by atoms with Gasteiger partial charge in [-0.15, -0.1) is 5.10 Å². The number of ether oxygens (including phenoxy) is 1. The molecule has 0 atom stereocenters. The van der Waals surface area contributed by atoms with Gasteiger partial charge in [-0.25, -0.2) is 0 Å². The summed E-state index contributed by atoms with van der Waals surface area (Å²) in [4.78, 5) is 0. The molecule has 2 heterocycles. The molecule has 2 N–H and O–H groups in total. The van der Waals surface area contributed by atoms with E-state index in [2.05, 4.69) is 36.3 Å². The van der Waals surface area contributed by atoms with Crippen LogP contribution in [0.3, 0.4) is 0 Å². The van der Waals surface area contributed by atoms with E-state index in [9.17, 15) is 0 Å². The van der Waals surface area contributed by atoms with Gasteiger partial charge < -0.3 is 10.5 Å². The third-order valence-electron chi connectivity index (χ3n) is 3.50. The molecule has 5 heteroatoms. The SMILES string of the molecule is CC1(C)Cc2cccc(-c3cn(CCCN)nn3)c2O1. The maximum atomic E-state index is 6.07. The Hall–Kier alpha value is -1.88. The highest BCUT2D eigenvalue weighted by atomic mass is 16.5. The van der Waals surface area contributed by atoms with E-state index in [4.69, 9.17) is 10.5 Å². The van der Waals surface area contributed by atoms with Crippen molar-refractivity contribution in [2.24, 2.45) is 5.73 Å². The first-order valence-electron chi connectivity index (χ1n) is 7.00. The number of hydrogen-bond acceptors (Lipinski definition) is 4. The fraction of sp³-hybridized carbons (Fsp3) is 0.467. The molecule has 0 aliphatic carbocycles. The van der Waals surface area contributed by atoms with Crippen molar-refractivity contribution in [2.75, 3.05) is 6.54 Å². The van der Waals surface area contributed by atoms with Crippen molar-refractivity contribution in [3.05, 3.63) is 30.0 Å². The highest BCUT2D eigenvalue weighted by Gasteiger charge is 2.32. The van der Waals surface area contributed by atoms with E-state index >= 15 is 0 Å². The number of fused-ring (bicyclic) bond motifs is 1. The summed E-state index contributed by atoms with van der Waals surface area (Å²) >= 11 is 0. The van der Waals surface area contributed by atoms with Crippen molar-refractivity contribution in [1.29, 1.82) is 0 Å². The van der Waals surface area contributed by atoms with Crippen LogP contribution in [0.1, 0.15) is 25.8 Å². The summed E-state index contributed by atoms with van der Waals surface area (Å²) < 4.78 is 7.91. The molecule has 2 aromatic rings. The van der Waals surface area contributed by atoms with Crippen LogP contribution in [0.15, 0.2) is 24.4 Å². The summed E-state index contributed by atoms with van der Waals surface area (Å²) in [7, 11) is 0. The number of para-hydroxylation sites is 1. The molecular weight excluding hydrogens is 252 g/mol. The molecule has 5 nitrogen and oxygen atoms in total. The summed E-state index contributed by atoms with van der Waals surface area (Å²) in [5.41, 5.74) is 8.49. The lowest BCUT2D eigenvalue weighted by Gasteiger charge is -2.17. The number of aromatic nitrogens is 3. The Morgan fingerprint density at radius 2 is 2.25 bits per heavy atom. The molecule has 0 saturated heterocycles. The third kappa shape index (κ3) is 2.41. The Bertz CT molecular complexity index is 618. The number of nitrogens with zero attached hydrogens (tertiary/aromatic N) is 3. The first-order chi connectivity index (χ1) is 9.59. The molecule has 0 fully saturated rings. The van der Waals surface area contributed by atoms with Crippen LogP contribution in [0, 0.1) is 0 Å². The van der Waals surface area contributed by atoms with Gasteiger partial charge >= 0.3 is 0 Å². The van der Waals surface area contributed by atoms with Crippen LogP contribution in [0.4, 0.5) is 0 Å². The number of rotatable bonds is 4. The molecule has 0 unspecified atom stereocenters. The molecule has 1 aromatic heterocycles. The molecule has 1 aromatic carbocycles. The second kappa shape index (κ2) is 4.90. The first-order valence-corrected chi connectivity index (χ1v) is 7.00. The van der Waals surface area contributed by atoms with Gasteiger partial charge in [0.2, 0.25) is 0 Å². The first kappa shape index (κ1) is 13.1. The van der Waals surface area contributed by atoms with E-state index in [1.165, 1.54) is 5.56 Å². The maximum absolute atomic E-state index is 6.07. The van der Waals surface area contributed by atoms with Gasteiger partial charge in [0.25, 0.3) is 0 Å². The van der Waals surface area contributed by atoms with Crippen LogP contribution < -0.4 is 10.5 Å². The van der Waals surface area contributed by atoms with Crippen molar-refractivity contribution in [3.8, 4) is 17.0 Å². The van der Waals surface area contributed by atoms with Gasteiger partial charge in [0.15, 0.2) is 0 Å². The van der Waals surface area contributed by atoms with Gasteiger partial charge in [-0.2, -0.15) is 0 Å². The predicted octanol–water partition coefficient (Wildman–Crippen LogP) is 2.01. The summed E-state index contributed by atoms with van der Waals surface area (Å²) in [6.07, 6.45) is 3.79. The van der Waals surface area contributed by atoms with Crippen molar-refractivity contribution < 1.29 is 4.74 Å². The molecule has 1 aliphatic heterocycles. The van der Waals surface area contributed by atoms with E-state index in [0.29, 0.717) is 6.54 Å². The lowest BCUT2D eigenvalue weighted by Crippen LogP contribution is -2.24. The summed E-state index contributed by atoms with van der Waals surface area (Å²) in [5, 5.41) is 8.40. The smallest absolute Gasteiger partial charge is 0.132 e. The van der Waals surface area contributed by atoms with Crippen molar-refractivity contribution in [2.45, 2.75) is 38.8 Å². The normalized spacial score (nSPS) is 15.9. The van der Waals surface area contributed by atoms with E-state index in [1.54, 1.807) is 0 Å². The molecule has 0 saturated carbocycles. The molecule has 1 aliphatic rings. The summed E-state index contributed by atoms with van der Waals surface area (Å²) in [5.74, 6) is 0.948. The molecule has 0 spiro atoms. The molecule has 0 bridgehead atoms. The third-order valence-corrected chi connectivity index (χ3v) is 3.50. The second-order valence-electron chi connectivity index (χ2n) is 5.84. The number of hydrogen-bond donors (Lipinski definition) is 1. The highest BCUT2D eigenvalue weighted by Crippen LogP contribution is 2.41. The largest absolute Gasteiger partial charge is 0.487 e. The fourth-order valence-electron chi connectivity index (χ4n) is 2.60.